The fourth-order valence-corrected chi connectivity index (χ4v) is 4.57. The largest absolute Gasteiger partial charge is 0.469 e. The first-order valence-corrected chi connectivity index (χ1v) is 10.8. The third-order valence-electron chi connectivity index (χ3n) is 6.54. The molecule has 2 aliphatic heterocycles. The normalized spacial score (nSPS) is 19.7. The van der Waals surface area contributed by atoms with Crippen LogP contribution >= 0.6 is 0 Å². The molecule has 1 amide bonds. The van der Waals surface area contributed by atoms with Crippen LogP contribution in [0.2, 0.25) is 0 Å². The van der Waals surface area contributed by atoms with E-state index in [2.05, 4.69) is 0 Å². The number of hydrogen-bond acceptors (Lipinski definition) is 6. The van der Waals surface area contributed by atoms with Gasteiger partial charge in [-0.1, -0.05) is 13.0 Å². The van der Waals surface area contributed by atoms with E-state index in [0.29, 0.717) is 49.4 Å². The van der Waals surface area contributed by atoms with Crippen molar-refractivity contribution in [3.05, 3.63) is 57.5 Å². The molecule has 1 aromatic heterocycles. The van der Waals surface area contributed by atoms with Gasteiger partial charge in [-0.15, -0.1) is 0 Å². The number of ether oxygens (including phenoxy) is 3. The van der Waals surface area contributed by atoms with Gasteiger partial charge in [-0.3, -0.25) is 14.4 Å². The van der Waals surface area contributed by atoms with E-state index in [1.807, 2.05) is 25.1 Å². The van der Waals surface area contributed by atoms with E-state index >= 15 is 0 Å². The Hall–Kier alpha value is -3.29. The van der Waals surface area contributed by atoms with E-state index in [1.54, 1.807) is 24.1 Å². The number of benzene rings is 1. The first-order chi connectivity index (χ1) is 15.4. The summed E-state index contributed by atoms with van der Waals surface area (Å²) in [5, 5.41) is 0. The van der Waals surface area contributed by atoms with Gasteiger partial charge in [-0.05, 0) is 55.5 Å². The van der Waals surface area contributed by atoms with E-state index in [1.165, 1.54) is 11.7 Å². The standard InChI is InChI=1S/C24H28N2O6/c1-4-24(23(29)30-3)9-5-10-26(14-24)22(28)20-16(2)8-11-25(21(20)27)13-17-6-7-18-19(12-17)32-15-31-18/h6-8,11-12H,4-5,9-10,13-15H2,1-3H3. The van der Waals surface area contributed by atoms with Gasteiger partial charge in [0.1, 0.15) is 5.56 Å². The Morgan fingerprint density at radius 1 is 1.19 bits per heavy atom. The van der Waals surface area contributed by atoms with Crippen LogP contribution in [0, 0.1) is 12.3 Å². The summed E-state index contributed by atoms with van der Waals surface area (Å²) in [6.07, 6.45) is 3.62. The zero-order chi connectivity index (χ0) is 22.9. The number of piperidine rings is 1. The molecule has 0 radical (unpaired) electrons. The molecule has 0 saturated carbocycles. The molecule has 2 aromatic rings. The molecule has 0 bridgehead atoms. The smallest absolute Gasteiger partial charge is 0.313 e. The lowest BCUT2D eigenvalue weighted by atomic mass is 9.77. The average molecular weight is 440 g/mol. The van der Waals surface area contributed by atoms with Gasteiger partial charge in [0.25, 0.3) is 11.5 Å². The number of carbonyl (C=O) groups is 2. The predicted molar refractivity (Wildman–Crippen MR) is 117 cm³/mol. The number of esters is 1. The Morgan fingerprint density at radius 3 is 2.72 bits per heavy atom. The van der Waals surface area contributed by atoms with Crippen LogP contribution in [0.15, 0.2) is 35.3 Å². The number of nitrogens with zero attached hydrogens (tertiary/aromatic N) is 2. The molecule has 4 rings (SSSR count). The number of aryl methyl sites for hydroxylation is 1. The molecule has 32 heavy (non-hydrogen) atoms. The van der Waals surface area contributed by atoms with Crippen molar-refractivity contribution in [3.8, 4) is 11.5 Å². The number of pyridine rings is 1. The van der Waals surface area contributed by atoms with Gasteiger partial charge in [0.05, 0.1) is 19.1 Å². The van der Waals surface area contributed by atoms with E-state index in [4.69, 9.17) is 14.2 Å². The maximum atomic E-state index is 13.4. The van der Waals surface area contributed by atoms with Gasteiger partial charge in [-0.2, -0.15) is 0 Å². The number of hydrogen-bond donors (Lipinski definition) is 0. The molecule has 1 unspecified atom stereocenters. The van der Waals surface area contributed by atoms with Gasteiger partial charge in [0.2, 0.25) is 6.79 Å². The first-order valence-electron chi connectivity index (χ1n) is 10.8. The lowest BCUT2D eigenvalue weighted by Gasteiger charge is -2.40. The van der Waals surface area contributed by atoms with Gasteiger partial charge < -0.3 is 23.7 Å². The molecule has 1 aromatic carbocycles. The summed E-state index contributed by atoms with van der Waals surface area (Å²) >= 11 is 0. The van der Waals surface area contributed by atoms with E-state index in [-0.39, 0.29) is 36.3 Å². The highest BCUT2D eigenvalue weighted by molar-refractivity contribution is 5.95. The van der Waals surface area contributed by atoms with Crippen LogP contribution in [-0.2, 0) is 16.1 Å². The topological polar surface area (TPSA) is 87.1 Å². The summed E-state index contributed by atoms with van der Waals surface area (Å²) in [7, 11) is 1.37. The number of carbonyl (C=O) groups excluding carboxylic acids is 2. The number of likely N-dealkylation sites (tertiary alicyclic amines) is 1. The minimum atomic E-state index is -0.725. The summed E-state index contributed by atoms with van der Waals surface area (Å²) in [5.41, 5.74) is 0.556. The third-order valence-corrected chi connectivity index (χ3v) is 6.54. The van der Waals surface area contributed by atoms with Gasteiger partial charge in [-0.25, -0.2) is 0 Å². The monoisotopic (exact) mass is 440 g/mol. The van der Waals surface area contributed by atoms with Crippen molar-refractivity contribution in [2.75, 3.05) is 27.0 Å². The van der Waals surface area contributed by atoms with Gasteiger partial charge in [0.15, 0.2) is 11.5 Å². The molecule has 170 valence electrons. The Labute approximate surface area is 186 Å². The summed E-state index contributed by atoms with van der Waals surface area (Å²) in [6.45, 7) is 4.94. The molecule has 0 spiro atoms. The Balaban J connectivity index is 1.61. The minimum Gasteiger partial charge on any atom is -0.469 e. The van der Waals surface area contributed by atoms with Gasteiger partial charge in [0, 0.05) is 19.3 Å². The van der Waals surface area contributed by atoms with Crippen LogP contribution in [0.1, 0.15) is 47.7 Å². The van der Waals surface area contributed by atoms with Crippen LogP contribution in [-0.4, -0.2) is 48.3 Å². The quantitative estimate of drug-likeness (QED) is 0.665. The van der Waals surface area contributed by atoms with Crippen molar-refractivity contribution in [2.24, 2.45) is 5.41 Å². The highest BCUT2D eigenvalue weighted by atomic mass is 16.7. The highest BCUT2D eigenvalue weighted by Crippen LogP contribution is 2.35. The zero-order valence-corrected chi connectivity index (χ0v) is 18.7. The molecule has 3 heterocycles. The molecule has 2 aliphatic rings. The first kappa shape index (κ1) is 21.9. The van der Waals surface area contributed by atoms with Crippen molar-refractivity contribution in [1.82, 2.24) is 9.47 Å². The summed E-state index contributed by atoms with van der Waals surface area (Å²) < 4.78 is 17.3. The molecular formula is C24H28N2O6. The Morgan fingerprint density at radius 2 is 1.97 bits per heavy atom. The van der Waals surface area contributed by atoms with Crippen LogP contribution in [0.4, 0.5) is 0 Å². The maximum absolute atomic E-state index is 13.4. The van der Waals surface area contributed by atoms with Crippen molar-refractivity contribution in [1.29, 1.82) is 0 Å². The van der Waals surface area contributed by atoms with Crippen LogP contribution in [0.5, 0.6) is 11.5 Å². The van der Waals surface area contributed by atoms with Crippen LogP contribution in [0.25, 0.3) is 0 Å². The molecule has 0 N–H and O–H groups in total. The Bertz CT molecular complexity index is 1110. The predicted octanol–water partition coefficient (Wildman–Crippen LogP) is 2.74. The second kappa shape index (κ2) is 8.68. The fourth-order valence-electron chi connectivity index (χ4n) is 4.57. The summed E-state index contributed by atoms with van der Waals surface area (Å²) in [6, 6.07) is 7.30. The second-order valence-corrected chi connectivity index (χ2v) is 8.45. The number of fused-ring (bicyclic) bond motifs is 1. The van der Waals surface area contributed by atoms with Crippen LogP contribution < -0.4 is 15.0 Å². The van der Waals surface area contributed by atoms with E-state index in [0.717, 1.165) is 5.56 Å². The van der Waals surface area contributed by atoms with Crippen molar-refractivity contribution in [3.63, 3.8) is 0 Å². The van der Waals surface area contributed by atoms with Crippen molar-refractivity contribution >= 4 is 11.9 Å². The molecule has 0 aliphatic carbocycles. The number of aromatic nitrogens is 1. The SMILES string of the molecule is CCC1(C(=O)OC)CCCN(C(=O)c2c(C)ccn(Cc3ccc4c(c3)OCO4)c2=O)C1. The lowest BCUT2D eigenvalue weighted by Crippen LogP contribution is -2.51. The molecule has 1 fully saturated rings. The maximum Gasteiger partial charge on any atom is 0.313 e. The van der Waals surface area contributed by atoms with Crippen LogP contribution in [0.3, 0.4) is 0 Å². The number of rotatable bonds is 5. The van der Waals surface area contributed by atoms with Crippen molar-refractivity contribution in [2.45, 2.75) is 39.7 Å². The van der Waals surface area contributed by atoms with Gasteiger partial charge >= 0.3 is 5.97 Å². The summed E-state index contributed by atoms with van der Waals surface area (Å²) in [4.78, 5) is 40.8. The molecule has 8 heteroatoms. The van der Waals surface area contributed by atoms with Crippen molar-refractivity contribution < 1.29 is 23.8 Å². The Kier molecular flexibility index (Phi) is 5.95. The molecular weight excluding hydrogens is 412 g/mol. The average Bonchev–Trinajstić information content (AvgIpc) is 3.28. The van der Waals surface area contributed by atoms with E-state index < -0.39 is 5.41 Å². The molecule has 8 nitrogen and oxygen atoms in total. The zero-order valence-electron chi connectivity index (χ0n) is 18.7. The van der Waals surface area contributed by atoms with E-state index in [9.17, 15) is 14.4 Å². The number of methoxy groups -OCH3 is 1. The second-order valence-electron chi connectivity index (χ2n) is 8.45. The number of amides is 1. The summed E-state index contributed by atoms with van der Waals surface area (Å²) in [5.74, 6) is 0.679. The molecule has 1 atom stereocenters. The molecule has 1 saturated heterocycles. The minimum absolute atomic E-state index is 0.144. The lowest BCUT2D eigenvalue weighted by molar-refractivity contribution is -0.156. The fraction of sp³-hybridized carbons (Fsp3) is 0.458. The highest BCUT2D eigenvalue weighted by Gasteiger charge is 2.43. The third kappa shape index (κ3) is 3.85.